The van der Waals surface area contributed by atoms with E-state index < -0.39 is 11.6 Å². The van der Waals surface area contributed by atoms with E-state index in [-0.39, 0.29) is 23.0 Å². The Hall–Kier alpha value is -2.08. The van der Waals surface area contributed by atoms with Crippen LogP contribution in [0, 0.1) is 11.6 Å². The van der Waals surface area contributed by atoms with Gasteiger partial charge in [0, 0.05) is 23.4 Å². The Balaban J connectivity index is 1.78. The zero-order chi connectivity index (χ0) is 16.7. The highest BCUT2D eigenvalue weighted by Gasteiger charge is 2.09. The first-order valence-corrected chi connectivity index (χ1v) is 8.16. The summed E-state index contributed by atoms with van der Waals surface area (Å²) in [5.74, 6) is -0.769. The number of methoxy groups -OCH3 is 1. The lowest BCUT2D eigenvalue weighted by Crippen LogP contribution is -2.24. The Labute approximate surface area is 138 Å². The maximum absolute atomic E-state index is 13.5. The Kier molecular flexibility index (Phi) is 6.40. The van der Waals surface area contributed by atoms with Crippen molar-refractivity contribution >= 4 is 17.7 Å². The molecule has 0 aliphatic carbocycles. The summed E-state index contributed by atoms with van der Waals surface area (Å²) in [5.41, 5.74) is 1.14. The quantitative estimate of drug-likeness (QED) is 0.840. The van der Waals surface area contributed by atoms with Crippen molar-refractivity contribution in [2.45, 2.75) is 12.3 Å². The van der Waals surface area contributed by atoms with E-state index in [0.29, 0.717) is 12.3 Å². The van der Waals surface area contributed by atoms with E-state index in [0.717, 1.165) is 11.6 Å². The highest BCUT2D eigenvalue weighted by molar-refractivity contribution is 7.99. The third-order valence-electron chi connectivity index (χ3n) is 3.19. The van der Waals surface area contributed by atoms with Gasteiger partial charge in [-0.1, -0.05) is 30.3 Å². The highest BCUT2D eigenvalue weighted by Crippen LogP contribution is 2.18. The Morgan fingerprint density at radius 2 is 1.87 bits per heavy atom. The number of carbonyl (C=O) groups excluding carboxylic acids is 1. The lowest BCUT2D eigenvalue weighted by Gasteiger charge is -2.09. The predicted molar refractivity (Wildman–Crippen MR) is 87.4 cm³/mol. The molecule has 2 aromatic rings. The van der Waals surface area contributed by atoms with Crippen LogP contribution in [0.1, 0.15) is 11.1 Å². The van der Waals surface area contributed by atoms with Crippen LogP contribution in [0.25, 0.3) is 0 Å². The van der Waals surface area contributed by atoms with Crippen molar-refractivity contribution in [3.63, 3.8) is 0 Å². The summed E-state index contributed by atoms with van der Waals surface area (Å²) in [5, 5.41) is 2.78. The number of nitrogens with one attached hydrogen (secondary N) is 1. The van der Waals surface area contributed by atoms with E-state index in [9.17, 15) is 13.6 Å². The number of hydrogen-bond acceptors (Lipinski definition) is 3. The smallest absolute Gasteiger partial charge is 0.230 e. The molecule has 0 radical (unpaired) electrons. The minimum atomic E-state index is -0.872. The van der Waals surface area contributed by atoms with E-state index in [2.05, 4.69) is 5.32 Å². The molecule has 0 aromatic heterocycles. The van der Waals surface area contributed by atoms with E-state index in [1.165, 1.54) is 23.9 Å². The molecule has 0 bridgehead atoms. The van der Waals surface area contributed by atoms with Crippen molar-refractivity contribution in [2.24, 2.45) is 0 Å². The van der Waals surface area contributed by atoms with Gasteiger partial charge in [0.05, 0.1) is 12.9 Å². The van der Waals surface area contributed by atoms with E-state index in [1.807, 2.05) is 24.3 Å². The molecule has 1 N–H and O–H groups in total. The van der Waals surface area contributed by atoms with Crippen molar-refractivity contribution in [2.75, 3.05) is 12.9 Å². The van der Waals surface area contributed by atoms with Crippen LogP contribution in [0.4, 0.5) is 8.78 Å². The second-order valence-corrected chi connectivity index (χ2v) is 5.78. The summed E-state index contributed by atoms with van der Waals surface area (Å²) < 4.78 is 31.8. The van der Waals surface area contributed by atoms with Crippen LogP contribution >= 0.6 is 11.8 Å². The van der Waals surface area contributed by atoms with E-state index >= 15 is 0 Å². The standard InChI is InChI=1S/C17H17F2NO2S/c1-22-15-8-3-2-5-12(15)9-20-16(21)11-23-10-13-6-4-7-14(18)17(13)19/h2-8H,9-11H2,1H3,(H,20,21). The topological polar surface area (TPSA) is 38.3 Å². The zero-order valence-corrected chi connectivity index (χ0v) is 13.5. The van der Waals surface area contributed by atoms with Gasteiger partial charge in [0.15, 0.2) is 11.6 Å². The fourth-order valence-corrected chi connectivity index (χ4v) is 2.84. The molecule has 3 nitrogen and oxygen atoms in total. The Morgan fingerprint density at radius 3 is 2.65 bits per heavy atom. The summed E-state index contributed by atoms with van der Waals surface area (Å²) in [6.45, 7) is 0.359. The summed E-state index contributed by atoms with van der Waals surface area (Å²) in [4.78, 5) is 11.8. The molecular weight excluding hydrogens is 320 g/mol. The van der Waals surface area contributed by atoms with Gasteiger partial charge in [-0.3, -0.25) is 4.79 Å². The number of benzene rings is 2. The number of hydrogen-bond donors (Lipinski definition) is 1. The second-order valence-electron chi connectivity index (χ2n) is 4.79. The Morgan fingerprint density at radius 1 is 1.13 bits per heavy atom. The van der Waals surface area contributed by atoms with Gasteiger partial charge in [-0.05, 0) is 12.1 Å². The van der Waals surface area contributed by atoms with Gasteiger partial charge in [0.2, 0.25) is 5.91 Å². The fraction of sp³-hybridized carbons (Fsp3) is 0.235. The van der Waals surface area contributed by atoms with Crippen molar-refractivity contribution < 1.29 is 18.3 Å². The van der Waals surface area contributed by atoms with Crippen molar-refractivity contribution in [1.82, 2.24) is 5.32 Å². The third-order valence-corrected chi connectivity index (χ3v) is 4.17. The largest absolute Gasteiger partial charge is 0.496 e. The summed E-state index contributed by atoms with van der Waals surface area (Å²) in [7, 11) is 1.57. The van der Waals surface area contributed by atoms with Gasteiger partial charge < -0.3 is 10.1 Å². The minimum absolute atomic E-state index is 0.169. The molecule has 2 rings (SSSR count). The number of ether oxygens (including phenoxy) is 1. The summed E-state index contributed by atoms with van der Waals surface area (Å²) in [6, 6.07) is 11.5. The number of rotatable bonds is 7. The maximum Gasteiger partial charge on any atom is 0.230 e. The molecule has 6 heteroatoms. The lowest BCUT2D eigenvalue weighted by atomic mass is 10.2. The van der Waals surface area contributed by atoms with Crippen LogP contribution in [-0.4, -0.2) is 18.8 Å². The van der Waals surface area contributed by atoms with Crippen LogP contribution in [0.5, 0.6) is 5.75 Å². The molecular formula is C17H17F2NO2S. The molecule has 2 aromatic carbocycles. The normalized spacial score (nSPS) is 10.4. The summed E-state index contributed by atoms with van der Waals surface area (Å²) >= 11 is 1.23. The minimum Gasteiger partial charge on any atom is -0.496 e. The van der Waals surface area contributed by atoms with Crippen LogP contribution in [-0.2, 0) is 17.1 Å². The maximum atomic E-state index is 13.5. The van der Waals surface area contributed by atoms with Crippen molar-refractivity contribution in [1.29, 1.82) is 0 Å². The van der Waals surface area contributed by atoms with Gasteiger partial charge in [0.25, 0.3) is 0 Å². The van der Waals surface area contributed by atoms with Gasteiger partial charge in [-0.25, -0.2) is 8.78 Å². The number of amides is 1. The predicted octanol–water partition coefficient (Wildman–Crippen LogP) is 3.52. The highest BCUT2D eigenvalue weighted by atomic mass is 32.2. The molecule has 0 atom stereocenters. The number of halogens is 2. The van der Waals surface area contributed by atoms with Gasteiger partial charge in [0.1, 0.15) is 5.75 Å². The molecule has 1 amide bonds. The fourth-order valence-electron chi connectivity index (χ4n) is 2.01. The average molecular weight is 337 g/mol. The second kappa shape index (κ2) is 8.53. The van der Waals surface area contributed by atoms with Crippen LogP contribution in [0.3, 0.4) is 0 Å². The number of thioether (sulfide) groups is 1. The van der Waals surface area contributed by atoms with Gasteiger partial charge in [-0.2, -0.15) is 0 Å². The molecule has 0 aliphatic heterocycles. The third kappa shape index (κ3) is 4.96. The molecule has 0 saturated heterocycles. The molecule has 0 heterocycles. The zero-order valence-electron chi connectivity index (χ0n) is 12.6. The number of carbonyl (C=O) groups is 1. The van der Waals surface area contributed by atoms with Gasteiger partial charge in [-0.15, -0.1) is 11.8 Å². The van der Waals surface area contributed by atoms with Crippen LogP contribution in [0.15, 0.2) is 42.5 Å². The molecule has 0 spiro atoms. The van der Waals surface area contributed by atoms with E-state index in [1.54, 1.807) is 7.11 Å². The monoisotopic (exact) mass is 337 g/mol. The van der Waals surface area contributed by atoms with Crippen LogP contribution < -0.4 is 10.1 Å². The number of para-hydroxylation sites is 1. The Bertz CT molecular complexity index is 679. The SMILES string of the molecule is COc1ccccc1CNC(=O)CSCc1cccc(F)c1F. The summed E-state index contributed by atoms with van der Waals surface area (Å²) in [6.07, 6.45) is 0. The van der Waals surface area contributed by atoms with Gasteiger partial charge >= 0.3 is 0 Å². The molecule has 0 fully saturated rings. The van der Waals surface area contributed by atoms with E-state index in [4.69, 9.17) is 4.74 Å². The van der Waals surface area contributed by atoms with Crippen LogP contribution in [0.2, 0.25) is 0 Å². The lowest BCUT2D eigenvalue weighted by molar-refractivity contribution is -0.118. The van der Waals surface area contributed by atoms with Crippen molar-refractivity contribution in [3.05, 3.63) is 65.2 Å². The van der Waals surface area contributed by atoms with Crippen molar-refractivity contribution in [3.8, 4) is 5.75 Å². The first kappa shape index (κ1) is 17.3. The first-order chi connectivity index (χ1) is 11.1. The first-order valence-electron chi connectivity index (χ1n) is 7.01. The average Bonchev–Trinajstić information content (AvgIpc) is 2.57. The molecule has 122 valence electrons. The molecule has 0 unspecified atom stereocenters. The molecule has 0 aliphatic rings. The molecule has 0 saturated carbocycles. The molecule has 23 heavy (non-hydrogen) atoms.